The van der Waals surface area contributed by atoms with E-state index < -0.39 is 0 Å². The maximum absolute atomic E-state index is 12.6. The second kappa shape index (κ2) is 8.70. The molecule has 0 aliphatic carbocycles. The van der Waals surface area contributed by atoms with Crippen LogP contribution in [0.25, 0.3) is 10.9 Å². The number of H-pyrrole nitrogens is 1. The van der Waals surface area contributed by atoms with E-state index in [1.807, 2.05) is 35.1 Å². The molecule has 2 aromatic carbocycles. The van der Waals surface area contributed by atoms with Crippen molar-refractivity contribution in [3.63, 3.8) is 0 Å². The molecule has 0 atom stereocenters. The molecule has 2 aromatic heterocycles. The van der Waals surface area contributed by atoms with E-state index in [9.17, 15) is 4.79 Å². The Morgan fingerprint density at radius 2 is 2.00 bits per heavy atom. The Morgan fingerprint density at radius 1 is 1.14 bits per heavy atom. The van der Waals surface area contributed by atoms with Gasteiger partial charge in [0.15, 0.2) is 5.69 Å². The fraction of sp³-hybridized carbons (Fsp3) is 0.227. The summed E-state index contributed by atoms with van der Waals surface area (Å²) in [5.74, 6) is -0.258. The van der Waals surface area contributed by atoms with E-state index >= 15 is 0 Å². The van der Waals surface area contributed by atoms with E-state index in [0.29, 0.717) is 17.9 Å². The highest BCUT2D eigenvalue weighted by Gasteiger charge is 2.14. The minimum atomic E-state index is -0.258. The first-order valence-corrected chi connectivity index (χ1v) is 9.78. The Hall–Kier alpha value is -3.45. The number of nitrogens with one attached hydrogen (secondary N) is 3. The number of amides is 1. The summed E-state index contributed by atoms with van der Waals surface area (Å²) in [5.41, 5.74) is 4.27. The highest BCUT2D eigenvalue weighted by Crippen LogP contribution is 2.17. The number of benzene rings is 2. The van der Waals surface area contributed by atoms with Crippen molar-refractivity contribution >= 4 is 22.5 Å². The molecule has 0 radical (unpaired) electrons. The number of anilines is 1. The van der Waals surface area contributed by atoms with E-state index in [2.05, 4.69) is 57.1 Å². The van der Waals surface area contributed by atoms with Crippen LogP contribution >= 0.6 is 0 Å². The molecule has 7 heteroatoms. The monoisotopic (exact) mass is 388 g/mol. The van der Waals surface area contributed by atoms with Crippen molar-refractivity contribution < 1.29 is 4.79 Å². The first kappa shape index (κ1) is 18.9. The number of fused-ring (bicyclic) bond motifs is 1. The van der Waals surface area contributed by atoms with Gasteiger partial charge in [-0.3, -0.25) is 14.6 Å². The predicted molar refractivity (Wildman–Crippen MR) is 114 cm³/mol. The van der Waals surface area contributed by atoms with Gasteiger partial charge in [-0.05, 0) is 30.2 Å². The summed E-state index contributed by atoms with van der Waals surface area (Å²) in [6, 6.07) is 16.0. The van der Waals surface area contributed by atoms with Crippen molar-refractivity contribution in [2.45, 2.75) is 26.4 Å². The average molecular weight is 388 g/mol. The molecule has 0 fully saturated rings. The van der Waals surface area contributed by atoms with Crippen molar-refractivity contribution in [2.75, 3.05) is 11.9 Å². The number of aromatic amines is 1. The molecule has 0 spiro atoms. The highest BCUT2D eigenvalue weighted by molar-refractivity contribution is 6.10. The van der Waals surface area contributed by atoms with Crippen LogP contribution in [0.2, 0.25) is 0 Å². The normalized spacial score (nSPS) is 11.1. The third-order valence-electron chi connectivity index (χ3n) is 4.67. The zero-order chi connectivity index (χ0) is 20.1. The van der Waals surface area contributed by atoms with Crippen LogP contribution in [0.15, 0.2) is 60.9 Å². The summed E-state index contributed by atoms with van der Waals surface area (Å²) in [4.78, 5) is 12.6. The molecule has 3 N–H and O–H groups in total. The fourth-order valence-corrected chi connectivity index (χ4v) is 3.28. The summed E-state index contributed by atoms with van der Waals surface area (Å²) < 4.78 is 1.82. The van der Waals surface area contributed by atoms with Gasteiger partial charge in [0, 0.05) is 18.1 Å². The lowest BCUT2D eigenvalue weighted by atomic mass is 10.1. The second-order valence-electron chi connectivity index (χ2n) is 7.00. The minimum absolute atomic E-state index is 0.258. The number of carbonyl (C=O) groups excluding carboxylic acids is 1. The van der Waals surface area contributed by atoms with E-state index in [4.69, 9.17) is 0 Å². The van der Waals surface area contributed by atoms with Crippen LogP contribution in [0, 0.1) is 0 Å². The molecular formula is C22H24N6O. The largest absolute Gasteiger partial charge is 0.318 e. The first-order chi connectivity index (χ1) is 14.2. The lowest BCUT2D eigenvalue weighted by Crippen LogP contribution is -2.14. The minimum Gasteiger partial charge on any atom is -0.318 e. The van der Waals surface area contributed by atoms with Crippen LogP contribution in [0.3, 0.4) is 0 Å². The third-order valence-corrected chi connectivity index (χ3v) is 4.67. The van der Waals surface area contributed by atoms with Crippen LogP contribution in [0.4, 0.5) is 5.69 Å². The maximum Gasteiger partial charge on any atom is 0.276 e. The number of rotatable bonds is 8. The van der Waals surface area contributed by atoms with Crippen LogP contribution in [-0.2, 0) is 13.1 Å². The Kier molecular flexibility index (Phi) is 5.67. The summed E-state index contributed by atoms with van der Waals surface area (Å²) in [6.45, 7) is 4.67. The number of para-hydroxylation sites is 1. The van der Waals surface area contributed by atoms with Gasteiger partial charge in [-0.25, -0.2) is 0 Å². The van der Waals surface area contributed by atoms with Gasteiger partial charge in [0.1, 0.15) is 0 Å². The molecule has 0 aliphatic rings. The number of hydrogen-bond acceptors (Lipinski definition) is 4. The molecule has 7 nitrogen and oxygen atoms in total. The van der Waals surface area contributed by atoms with Gasteiger partial charge in [-0.2, -0.15) is 10.2 Å². The van der Waals surface area contributed by atoms with E-state index in [1.54, 1.807) is 6.20 Å². The van der Waals surface area contributed by atoms with Gasteiger partial charge >= 0.3 is 0 Å². The van der Waals surface area contributed by atoms with Crippen molar-refractivity contribution in [1.82, 2.24) is 25.3 Å². The molecule has 2 heterocycles. The summed E-state index contributed by atoms with van der Waals surface area (Å²) in [5, 5.41) is 18.5. The second-order valence-corrected chi connectivity index (χ2v) is 7.00. The molecule has 148 valence electrons. The van der Waals surface area contributed by atoms with E-state index in [-0.39, 0.29) is 5.91 Å². The molecule has 0 bridgehead atoms. The summed E-state index contributed by atoms with van der Waals surface area (Å²) >= 11 is 0. The molecule has 0 saturated heterocycles. The smallest absolute Gasteiger partial charge is 0.276 e. The van der Waals surface area contributed by atoms with Crippen molar-refractivity contribution in [3.8, 4) is 0 Å². The van der Waals surface area contributed by atoms with Crippen LogP contribution in [-0.4, -0.2) is 32.4 Å². The number of hydrogen-bond donors (Lipinski definition) is 3. The van der Waals surface area contributed by atoms with Crippen molar-refractivity contribution in [3.05, 3.63) is 77.7 Å². The topological polar surface area (TPSA) is 87.6 Å². The quantitative estimate of drug-likeness (QED) is 0.403. The molecular weight excluding hydrogens is 364 g/mol. The Balaban J connectivity index is 1.41. The SMILES string of the molecule is CCCNCc1cccc(Cn2cc(NC(=O)c3n[nH]c4ccccc34)cn2)c1. The Labute approximate surface area is 169 Å². The van der Waals surface area contributed by atoms with Gasteiger partial charge in [-0.15, -0.1) is 0 Å². The number of aromatic nitrogens is 4. The zero-order valence-corrected chi connectivity index (χ0v) is 16.4. The molecule has 4 rings (SSSR count). The van der Waals surface area contributed by atoms with Crippen LogP contribution < -0.4 is 10.6 Å². The van der Waals surface area contributed by atoms with Gasteiger partial charge in [0.25, 0.3) is 5.91 Å². The van der Waals surface area contributed by atoms with Crippen molar-refractivity contribution in [2.24, 2.45) is 0 Å². The van der Waals surface area contributed by atoms with Crippen LogP contribution in [0.5, 0.6) is 0 Å². The van der Waals surface area contributed by atoms with Gasteiger partial charge < -0.3 is 10.6 Å². The summed E-state index contributed by atoms with van der Waals surface area (Å²) in [6.07, 6.45) is 4.60. The van der Waals surface area contributed by atoms with E-state index in [0.717, 1.165) is 30.4 Å². The molecule has 0 saturated carbocycles. The third kappa shape index (κ3) is 4.52. The molecule has 0 unspecified atom stereocenters. The Bertz CT molecular complexity index is 1110. The highest BCUT2D eigenvalue weighted by atomic mass is 16.2. The van der Waals surface area contributed by atoms with Crippen molar-refractivity contribution in [1.29, 1.82) is 0 Å². The zero-order valence-electron chi connectivity index (χ0n) is 16.4. The van der Waals surface area contributed by atoms with Gasteiger partial charge in [0.2, 0.25) is 0 Å². The standard InChI is InChI=1S/C22H24N6O/c1-2-10-23-12-16-6-5-7-17(11-16)14-28-15-18(13-24-28)25-22(29)21-19-8-3-4-9-20(19)26-27-21/h3-9,11,13,15,23H,2,10,12,14H2,1H3,(H,25,29)(H,26,27). The lowest BCUT2D eigenvalue weighted by molar-refractivity contribution is 0.102. The molecule has 0 aliphatic heterocycles. The average Bonchev–Trinajstić information content (AvgIpc) is 3.35. The Morgan fingerprint density at radius 3 is 2.90 bits per heavy atom. The fourth-order valence-electron chi connectivity index (χ4n) is 3.28. The van der Waals surface area contributed by atoms with E-state index in [1.165, 1.54) is 11.1 Å². The van der Waals surface area contributed by atoms with Gasteiger partial charge in [0.05, 0.1) is 23.9 Å². The predicted octanol–water partition coefficient (Wildman–Crippen LogP) is 3.56. The summed E-state index contributed by atoms with van der Waals surface area (Å²) in [7, 11) is 0. The number of carbonyl (C=O) groups is 1. The lowest BCUT2D eigenvalue weighted by Gasteiger charge is -2.07. The molecule has 29 heavy (non-hydrogen) atoms. The first-order valence-electron chi connectivity index (χ1n) is 9.78. The van der Waals surface area contributed by atoms with Gasteiger partial charge in [-0.1, -0.05) is 49.4 Å². The molecule has 1 amide bonds. The number of nitrogens with zero attached hydrogens (tertiary/aromatic N) is 3. The maximum atomic E-state index is 12.6. The molecule has 4 aromatic rings. The van der Waals surface area contributed by atoms with Crippen LogP contribution in [0.1, 0.15) is 35.0 Å².